The molecule has 0 saturated heterocycles. The second kappa shape index (κ2) is 12.7. The molecule has 178 valence electrons. The van der Waals surface area contributed by atoms with Crippen LogP contribution < -0.4 is 0 Å². The zero-order chi connectivity index (χ0) is 23.5. The third-order valence-corrected chi connectivity index (χ3v) is 7.09. The van der Waals surface area contributed by atoms with Crippen LogP contribution in [0.1, 0.15) is 68.1 Å². The standard InChI is InChI=1S/C32H38O2/c33-31(27-17-7-3-8-18-27)25-15-1-2-16-26-34-32(28-19-9-4-10-20-28,29-21-11-5-12-22-29)30-23-13-6-14-24-30/h4-6,9-15,19-25,27,31,33H,1-3,7-8,16-18,26H2/b25-15+/t31-/m0/s1. The van der Waals surface area contributed by atoms with Crippen LogP contribution in [0.15, 0.2) is 103 Å². The van der Waals surface area contributed by atoms with Crippen LogP contribution in [0.25, 0.3) is 0 Å². The molecule has 2 heteroatoms. The Bertz CT molecular complexity index is 879. The Labute approximate surface area is 205 Å². The van der Waals surface area contributed by atoms with Crippen LogP contribution in [0.5, 0.6) is 0 Å². The molecule has 1 atom stereocenters. The van der Waals surface area contributed by atoms with E-state index < -0.39 is 5.60 Å². The summed E-state index contributed by atoms with van der Waals surface area (Å²) >= 11 is 0. The van der Waals surface area contributed by atoms with Crippen LogP contribution in [0.2, 0.25) is 0 Å². The van der Waals surface area contributed by atoms with Crippen LogP contribution in [0.4, 0.5) is 0 Å². The Morgan fingerprint density at radius 1 is 0.735 bits per heavy atom. The first-order valence-corrected chi connectivity index (χ1v) is 13.0. The summed E-state index contributed by atoms with van der Waals surface area (Å²) in [6, 6.07) is 31.6. The van der Waals surface area contributed by atoms with E-state index in [1.165, 1.54) is 32.1 Å². The molecule has 3 aromatic rings. The van der Waals surface area contributed by atoms with E-state index in [0.29, 0.717) is 12.5 Å². The van der Waals surface area contributed by atoms with Gasteiger partial charge in [0.1, 0.15) is 5.60 Å². The van der Waals surface area contributed by atoms with Crippen molar-refractivity contribution in [2.24, 2.45) is 5.92 Å². The molecule has 0 heterocycles. The first-order valence-electron chi connectivity index (χ1n) is 13.0. The Balaban J connectivity index is 1.43. The molecule has 4 rings (SSSR count). The predicted molar refractivity (Wildman–Crippen MR) is 141 cm³/mol. The average Bonchev–Trinajstić information content (AvgIpc) is 2.92. The Morgan fingerprint density at radius 3 is 1.74 bits per heavy atom. The highest BCUT2D eigenvalue weighted by Gasteiger charge is 2.37. The Hall–Kier alpha value is -2.68. The monoisotopic (exact) mass is 454 g/mol. The average molecular weight is 455 g/mol. The van der Waals surface area contributed by atoms with Crippen molar-refractivity contribution >= 4 is 0 Å². The van der Waals surface area contributed by atoms with Crippen LogP contribution in [0.3, 0.4) is 0 Å². The zero-order valence-electron chi connectivity index (χ0n) is 20.2. The van der Waals surface area contributed by atoms with Crippen molar-refractivity contribution in [1.82, 2.24) is 0 Å². The highest BCUT2D eigenvalue weighted by atomic mass is 16.5. The molecule has 0 spiro atoms. The van der Waals surface area contributed by atoms with Crippen molar-refractivity contribution in [3.05, 3.63) is 120 Å². The smallest absolute Gasteiger partial charge is 0.143 e. The molecule has 0 bridgehead atoms. The molecule has 0 radical (unpaired) electrons. The molecular weight excluding hydrogens is 416 g/mol. The van der Waals surface area contributed by atoms with Gasteiger partial charge in [-0.05, 0) is 54.7 Å². The highest BCUT2D eigenvalue weighted by Crippen LogP contribution is 2.40. The molecule has 0 unspecified atom stereocenters. The lowest BCUT2D eigenvalue weighted by molar-refractivity contribution is 0.0109. The molecule has 0 aliphatic heterocycles. The molecule has 1 fully saturated rings. The number of aliphatic hydroxyl groups excluding tert-OH is 1. The van der Waals surface area contributed by atoms with E-state index in [1.807, 2.05) is 6.08 Å². The summed E-state index contributed by atoms with van der Waals surface area (Å²) in [5, 5.41) is 10.4. The number of unbranched alkanes of at least 4 members (excludes halogenated alkanes) is 2. The summed E-state index contributed by atoms with van der Waals surface area (Å²) in [4.78, 5) is 0. The molecule has 2 nitrogen and oxygen atoms in total. The van der Waals surface area contributed by atoms with Gasteiger partial charge in [0.2, 0.25) is 0 Å². The summed E-state index contributed by atoms with van der Waals surface area (Å²) in [7, 11) is 0. The van der Waals surface area contributed by atoms with E-state index in [1.54, 1.807) is 0 Å². The topological polar surface area (TPSA) is 29.5 Å². The van der Waals surface area contributed by atoms with Gasteiger partial charge in [-0.1, -0.05) is 122 Å². The molecule has 3 aromatic carbocycles. The van der Waals surface area contributed by atoms with Crippen molar-refractivity contribution in [3.63, 3.8) is 0 Å². The quantitative estimate of drug-likeness (QED) is 0.183. The van der Waals surface area contributed by atoms with Gasteiger partial charge in [0.25, 0.3) is 0 Å². The maximum atomic E-state index is 10.4. The van der Waals surface area contributed by atoms with Gasteiger partial charge in [0.15, 0.2) is 0 Å². The van der Waals surface area contributed by atoms with Crippen molar-refractivity contribution in [3.8, 4) is 0 Å². The molecule has 1 saturated carbocycles. The minimum absolute atomic E-state index is 0.279. The number of allylic oxidation sites excluding steroid dienone is 1. The minimum Gasteiger partial charge on any atom is -0.389 e. The second-order valence-corrected chi connectivity index (χ2v) is 9.44. The second-order valence-electron chi connectivity index (χ2n) is 9.44. The number of rotatable bonds is 11. The van der Waals surface area contributed by atoms with Gasteiger partial charge in [0, 0.05) is 6.61 Å². The van der Waals surface area contributed by atoms with Crippen molar-refractivity contribution in [1.29, 1.82) is 0 Å². The van der Waals surface area contributed by atoms with Gasteiger partial charge in [0.05, 0.1) is 6.10 Å². The van der Waals surface area contributed by atoms with Crippen LogP contribution in [-0.2, 0) is 10.3 Å². The Kier molecular flexibility index (Phi) is 9.12. The van der Waals surface area contributed by atoms with Crippen LogP contribution in [-0.4, -0.2) is 17.8 Å². The number of benzene rings is 3. The largest absolute Gasteiger partial charge is 0.389 e. The first-order chi connectivity index (χ1) is 16.8. The lowest BCUT2D eigenvalue weighted by Crippen LogP contribution is -2.33. The molecule has 1 aliphatic carbocycles. The first kappa shape index (κ1) is 24.4. The lowest BCUT2D eigenvalue weighted by atomic mass is 9.80. The molecule has 34 heavy (non-hydrogen) atoms. The summed E-state index contributed by atoms with van der Waals surface area (Å²) in [5.41, 5.74) is 2.78. The third kappa shape index (κ3) is 6.05. The summed E-state index contributed by atoms with van der Waals surface area (Å²) in [6.45, 7) is 0.664. The summed E-state index contributed by atoms with van der Waals surface area (Å²) in [5.74, 6) is 0.455. The fourth-order valence-corrected chi connectivity index (χ4v) is 5.23. The van der Waals surface area contributed by atoms with E-state index in [4.69, 9.17) is 4.74 Å². The zero-order valence-corrected chi connectivity index (χ0v) is 20.2. The SMILES string of the molecule is O[C@@H](/C=C/CCCCOC(c1ccccc1)(c1ccccc1)c1ccccc1)C1CCCCC1. The maximum absolute atomic E-state index is 10.4. The van der Waals surface area contributed by atoms with Crippen molar-refractivity contribution in [2.75, 3.05) is 6.61 Å². The predicted octanol–water partition coefficient (Wildman–Crippen LogP) is 7.66. The molecule has 1 aliphatic rings. The Morgan fingerprint density at radius 2 is 1.24 bits per heavy atom. The fourth-order valence-electron chi connectivity index (χ4n) is 5.23. The van der Waals surface area contributed by atoms with Gasteiger partial charge < -0.3 is 9.84 Å². The van der Waals surface area contributed by atoms with E-state index in [-0.39, 0.29) is 6.10 Å². The van der Waals surface area contributed by atoms with Gasteiger partial charge in [-0.15, -0.1) is 0 Å². The van der Waals surface area contributed by atoms with Crippen molar-refractivity contribution in [2.45, 2.75) is 63.1 Å². The van der Waals surface area contributed by atoms with Crippen LogP contribution >= 0.6 is 0 Å². The van der Waals surface area contributed by atoms with Gasteiger partial charge in [-0.2, -0.15) is 0 Å². The van der Waals surface area contributed by atoms with E-state index >= 15 is 0 Å². The van der Waals surface area contributed by atoms with Crippen molar-refractivity contribution < 1.29 is 9.84 Å². The number of hydrogen-bond donors (Lipinski definition) is 1. The van der Waals surface area contributed by atoms with E-state index in [9.17, 15) is 5.11 Å². The molecular formula is C32H38O2. The summed E-state index contributed by atoms with van der Waals surface area (Å²) in [6.07, 6.45) is 13.1. The van der Waals surface area contributed by atoms with Crippen LogP contribution in [0, 0.1) is 5.92 Å². The van der Waals surface area contributed by atoms with E-state index in [0.717, 1.165) is 36.0 Å². The van der Waals surface area contributed by atoms with Gasteiger partial charge >= 0.3 is 0 Å². The highest BCUT2D eigenvalue weighted by molar-refractivity contribution is 5.47. The van der Waals surface area contributed by atoms with Gasteiger partial charge in [-0.25, -0.2) is 0 Å². The number of aliphatic hydroxyl groups is 1. The summed E-state index contributed by atoms with van der Waals surface area (Å²) < 4.78 is 6.84. The fraction of sp³-hybridized carbons (Fsp3) is 0.375. The lowest BCUT2D eigenvalue weighted by Gasteiger charge is -2.36. The number of ether oxygens (including phenoxy) is 1. The molecule has 1 N–H and O–H groups in total. The maximum Gasteiger partial charge on any atom is 0.143 e. The minimum atomic E-state index is -0.642. The molecule has 0 aromatic heterocycles. The third-order valence-electron chi connectivity index (χ3n) is 7.09. The normalized spacial score (nSPS) is 16.0. The molecule has 0 amide bonds. The number of hydrogen-bond acceptors (Lipinski definition) is 2. The van der Waals surface area contributed by atoms with E-state index in [2.05, 4.69) is 97.1 Å². The van der Waals surface area contributed by atoms with Gasteiger partial charge in [-0.3, -0.25) is 0 Å².